The van der Waals surface area contributed by atoms with Gasteiger partial charge in [-0.3, -0.25) is 10.1 Å². The molecule has 0 aliphatic carbocycles. The third kappa shape index (κ3) is 4.97. The Morgan fingerprint density at radius 3 is 2.40 bits per heavy atom. The number of ether oxygens (including phenoxy) is 1. The third-order valence-corrected chi connectivity index (χ3v) is 3.03. The molecule has 7 nitrogen and oxygen atoms in total. The van der Waals surface area contributed by atoms with Gasteiger partial charge >= 0.3 is 6.09 Å². The van der Waals surface area contributed by atoms with Crippen molar-refractivity contribution in [3.05, 3.63) is 41.7 Å². The van der Waals surface area contributed by atoms with Crippen molar-refractivity contribution in [2.24, 2.45) is 0 Å². The summed E-state index contributed by atoms with van der Waals surface area (Å²) in [6.07, 6.45) is -0.664. The fraction of sp³-hybridized carbons (Fsp3) is 0.294. The maximum Gasteiger partial charge on any atom is 0.413 e. The summed E-state index contributed by atoms with van der Waals surface area (Å²) in [7, 11) is 1.49. The van der Waals surface area contributed by atoms with Gasteiger partial charge in [-0.25, -0.2) is 9.18 Å². The lowest BCUT2D eigenvalue weighted by molar-refractivity contribution is 0.0635. The van der Waals surface area contributed by atoms with Crippen molar-refractivity contribution in [1.82, 2.24) is 15.5 Å². The average Bonchev–Trinajstić information content (AvgIpc) is 2.53. The molecule has 0 aliphatic heterocycles. The van der Waals surface area contributed by atoms with Crippen LogP contribution < -0.4 is 10.6 Å². The van der Waals surface area contributed by atoms with E-state index >= 15 is 0 Å². The Hall–Kier alpha value is -3.03. The number of benzene rings is 1. The van der Waals surface area contributed by atoms with Gasteiger partial charge in [-0.2, -0.15) is 0 Å². The van der Waals surface area contributed by atoms with Gasteiger partial charge in [0.25, 0.3) is 5.91 Å². The summed E-state index contributed by atoms with van der Waals surface area (Å²) >= 11 is 0. The summed E-state index contributed by atoms with van der Waals surface area (Å²) in [6, 6.07) is 6.92. The highest BCUT2D eigenvalue weighted by Crippen LogP contribution is 2.22. The van der Waals surface area contributed by atoms with E-state index in [1.165, 1.54) is 37.4 Å². The molecule has 0 saturated heterocycles. The van der Waals surface area contributed by atoms with Crippen molar-refractivity contribution in [2.45, 2.75) is 26.4 Å². The molecule has 1 heterocycles. The smallest absolute Gasteiger partial charge is 0.413 e. The lowest BCUT2D eigenvalue weighted by Crippen LogP contribution is -2.27. The molecule has 132 valence electrons. The highest BCUT2D eigenvalue weighted by molar-refractivity contribution is 5.95. The Kier molecular flexibility index (Phi) is 5.31. The molecular formula is C17H19FN4O3. The van der Waals surface area contributed by atoms with E-state index in [2.05, 4.69) is 20.8 Å². The summed E-state index contributed by atoms with van der Waals surface area (Å²) in [4.78, 5) is 23.4. The first-order valence-electron chi connectivity index (χ1n) is 7.55. The highest BCUT2D eigenvalue weighted by atomic mass is 19.1. The molecule has 0 atom stereocenters. The summed E-state index contributed by atoms with van der Waals surface area (Å²) in [5.41, 5.74) is 0.0352. The molecule has 0 aliphatic rings. The van der Waals surface area contributed by atoms with E-state index < -0.39 is 17.5 Å². The number of anilines is 1. The molecule has 1 aromatic carbocycles. The maximum atomic E-state index is 14.0. The van der Waals surface area contributed by atoms with Crippen LogP contribution in [0.2, 0.25) is 0 Å². The quantitative estimate of drug-likeness (QED) is 0.891. The Bertz CT molecular complexity index is 785. The number of hydrogen-bond acceptors (Lipinski definition) is 5. The van der Waals surface area contributed by atoms with Crippen molar-refractivity contribution < 1.29 is 18.7 Å². The minimum atomic E-state index is -0.664. The van der Waals surface area contributed by atoms with Crippen molar-refractivity contribution in [1.29, 1.82) is 0 Å². The van der Waals surface area contributed by atoms with Crippen LogP contribution in [0.5, 0.6) is 0 Å². The van der Waals surface area contributed by atoms with Crippen molar-refractivity contribution in [3.8, 4) is 11.3 Å². The Balaban J connectivity index is 2.20. The van der Waals surface area contributed by atoms with E-state index in [0.717, 1.165) is 0 Å². The average molecular weight is 346 g/mol. The Labute approximate surface area is 144 Å². The largest absolute Gasteiger partial charge is 0.444 e. The van der Waals surface area contributed by atoms with Crippen LogP contribution in [0.25, 0.3) is 11.3 Å². The number of nitrogens with zero attached hydrogens (tertiary/aromatic N) is 2. The molecule has 0 unspecified atom stereocenters. The molecule has 0 spiro atoms. The number of carbonyl (C=O) groups excluding carboxylic acids is 2. The molecule has 0 saturated carbocycles. The van der Waals surface area contributed by atoms with Gasteiger partial charge < -0.3 is 10.1 Å². The van der Waals surface area contributed by atoms with Gasteiger partial charge in [0.15, 0.2) is 5.82 Å². The van der Waals surface area contributed by atoms with Crippen molar-refractivity contribution in [2.75, 3.05) is 12.4 Å². The van der Waals surface area contributed by atoms with Gasteiger partial charge in [-0.1, -0.05) is 0 Å². The number of carbonyl (C=O) groups is 2. The topological polar surface area (TPSA) is 93.2 Å². The van der Waals surface area contributed by atoms with Crippen LogP contribution in [0, 0.1) is 5.82 Å². The number of halogens is 1. The van der Waals surface area contributed by atoms with Gasteiger partial charge in [-0.15, -0.1) is 10.2 Å². The number of nitrogens with one attached hydrogen (secondary N) is 2. The predicted molar refractivity (Wildman–Crippen MR) is 90.7 cm³/mol. The lowest BCUT2D eigenvalue weighted by atomic mass is 10.1. The maximum absolute atomic E-state index is 14.0. The molecule has 0 radical (unpaired) electrons. The summed E-state index contributed by atoms with van der Waals surface area (Å²) < 4.78 is 19.1. The molecule has 2 rings (SSSR count). The fourth-order valence-corrected chi connectivity index (χ4v) is 1.96. The molecule has 2 amide bonds. The van der Waals surface area contributed by atoms with Gasteiger partial charge in [0, 0.05) is 18.2 Å². The summed E-state index contributed by atoms with van der Waals surface area (Å²) in [5, 5.41) is 12.6. The standard InChI is InChI=1S/C17H19FN4O3/c1-17(2,3)25-16(24)20-14-8-7-13(21-22-14)11-9-10(15(23)19-4)5-6-12(11)18/h5-9H,1-4H3,(H,19,23)(H,20,22,24). The van der Waals surface area contributed by atoms with Crippen LogP contribution in [0.1, 0.15) is 31.1 Å². The van der Waals surface area contributed by atoms with E-state index in [0.29, 0.717) is 5.56 Å². The van der Waals surface area contributed by atoms with Crippen LogP contribution >= 0.6 is 0 Å². The molecule has 0 fully saturated rings. The number of rotatable bonds is 3. The number of hydrogen-bond donors (Lipinski definition) is 2. The van der Waals surface area contributed by atoms with Crippen LogP contribution in [0.4, 0.5) is 15.0 Å². The Morgan fingerprint density at radius 2 is 1.84 bits per heavy atom. The lowest BCUT2D eigenvalue weighted by Gasteiger charge is -2.19. The fourth-order valence-electron chi connectivity index (χ4n) is 1.96. The van der Waals surface area contributed by atoms with Gasteiger partial charge in [0.1, 0.15) is 11.4 Å². The van der Waals surface area contributed by atoms with E-state index in [1.54, 1.807) is 20.8 Å². The van der Waals surface area contributed by atoms with Crippen LogP contribution in [0.3, 0.4) is 0 Å². The van der Waals surface area contributed by atoms with Crippen molar-refractivity contribution in [3.63, 3.8) is 0 Å². The first kappa shape index (κ1) is 18.3. The zero-order valence-electron chi connectivity index (χ0n) is 14.4. The highest BCUT2D eigenvalue weighted by Gasteiger charge is 2.17. The van der Waals surface area contributed by atoms with E-state index in [9.17, 15) is 14.0 Å². The molecule has 1 aromatic heterocycles. The normalized spacial score (nSPS) is 10.9. The first-order valence-corrected chi connectivity index (χ1v) is 7.55. The summed E-state index contributed by atoms with van der Waals surface area (Å²) in [6.45, 7) is 5.22. The first-order chi connectivity index (χ1) is 11.7. The number of amides is 2. The second-order valence-corrected chi connectivity index (χ2v) is 6.20. The monoisotopic (exact) mass is 346 g/mol. The molecule has 2 N–H and O–H groups in total. The van der Waals surface area contributed by atoms with Crippen molar-refractivity contribution >= 4 is 17.8 Å². The molecule has 8 heteroatoms. The third-order valence-electron chi connectivity index (χ3n) is 3.03. The van der Waals surface area contributed by atoms with Gasteiger partial charge in [0.05, 0.1) is 5.69 Å². The minimum Gasteiger partial charge on any atom is -0.444 e. The molecule has 25 heavy (non-hydrogen) atoms. The molecular weight excluding hydrogens is 327 g/mol. The van der Waals surface area contributed by atoms with Crippen LogP contribution in [-0.4, -0.2) is 34.8 Å². The van der Waals surface area contributed by atoms with E-state index in [-0.39, 0.29) is 23.0 Å². The summed E-state index contributed by atoms with van der Waals surface area (Å²) in [5.74, 6) is -0.701. The zero-order chi connectivity index (χ0) is 18.6. The zero-order valence-corrected chi connectivity index (χ0v) is 14.4. The van der Waals surface area contributed by atoms with Crippen LogP contribution in [-0.2, 0) is 4.74 Å². The molecule has 2 aromatic rings. The second kappa shape index (κ2) is 7.25. The van der Waals surface area contributed by atoms with Crippen LogP contribution in [0.15, 0.2) is 30.3 Å². The van der Waals surface area contributed by atoms with E-state index in [4.69, 9.17) is 4.74 Å². The van der Waals surface area contributed by atoms with Gasteiger partial charge in [-0.05, 0) is 51.1 Å². The van der Waals surface area contributed by atoms with Gasteiger partial charge in [0.2, 0.25) is 0 Å². The minimum absolute atomic E-state index is 0.136. The Morgan fingerprint density at radius 1 is 1.12 bits per heavy atom. The predicted octanol–water partition coefficient (Wildman–Crippen LogP) is 2.99. The van der Waals surface area contributed by atoms with E-state index in [1.807, 2.05) is 0 Å². The second-order valence-electron chi connectivity index (χ2n) is 6.20. The SMILES string of the molecule is CNC(=O)c1ccc(F)c(-c2ccc(NC(=O)OC(C)(C)C)nn2)c1. The molecule has 0 bridgehead atoms. The number of aromatic nitrogens is 2.